The third-order valence-electron chi connectivity index (χ3n) is 3.65. The number of carbonyl (C=O) groups excluding carboxylic acids is 1. The zero-order valence-electron chi connectivity index (χ0n) is 12.1. The van der Waals surface area contributed by atoms with Gasteiger partial charge in [0.25, 0.3) is 0 Å². The molecule has 0 saturated carbocycles. The van der Waals surface area contributed by atoms with Gasteiger partial charge in [0.05, 0.1) is 6.10 Å². The summed E-state index contributed by atoms with van der Waals surface area (Å²) >= 11 is 0. The van der Waals surface area contributed by atoms with Gasteiger partial charge in [-0.3, -0.25) is 0 Å². The van der Waals surface area contributed by atoms with Gasteiger partial charge in [-0.15, -0.1) is 0 Å². The monoisotopic (exact) mass is 292 g/mol. The molecule has 0 spiro atoms. The average Bonchev–Trinajstić information content (AvgIpc) is 2.81. The smallest absolute Gasteiger partial charge is 0.326 e. The van der Waals surface area contributed by atoms with Gasteiger partial charge in [-0.2, -0.15) is 0 Å². The Bertz CT molecular complexity index is 544. The lowest BCUT2D eigenvalue weighted by molar-refractivity contribution is -0.141. The minimum absolute atomic E-state index is 0.0344. The molecule has 1 aromatic carbocycles. The molecule has 0 radical (unpaired) electrons. The Hall–Kier alpha value is -2.08. The summed E-state index contributed by atoms with van der Waals surface area (Å²) < 4.78 is 0. The number of carboxylic acid groups (broad SMARTS) is 1. The number of anilines is 1. The molecule has 6 nitrogen and oxygen atoms in total. The van der Waals surface area contributed by atoms with Crippen LogP contribution < -0.4 is 5.32 Å². The molecule has 1 aliphatic heterocycles. The highest BCUT2D eigenvalue weighted by atomic mass is 16.4. The molecule has 3 N–H and O–H groups in total. The van der Waals surface area contributed by atoms with Gasteiger partial charge in [0.1, 0.15) is 6.04 Å². The predicted octanol–water partition coefficient (Wildman–Crippen LogP) is 1.86. The third kappa shape index (κ3) is 3.33. The first kappa shape index (κ1) is 15.3. The van der Waals surface area contributed by atoms with Crippen LogP contribution in [0.3, 0.4) is 0 Å². The second-order valence-corrected chi connectivity index (χ2v) is 5.57. The average molecular weight is 292 g/mol. The van der Waals surface area contributed by atoms with Gasteiger partial charge in [0.2, 0.25) is 0 Å². The van der Waals surface area contributed by atoms with Crippen molar-refractivity contribution < 1.29 is 19.8 Å². The number of β-amino-alcohol motifs (C(OH)–C–C–N with tert-alkyl or cyclic N) is 1. The molecule has 1 aromatic rings. The Morgan fingerprint density at radius 3 is 2.62 bits per heavy atom. The minimum Gasteiger partial charge on any atom is -0.480 e. The molecule has 0 bridgehead atoms. The summed E-state index contributed by atoms with van der Waals surface area (Å²) in [4.78, 5) is 24.6. The summed E-state index contributed by atoms with van der Waals surface area (Å²) in [5.74, 6) is -0.861. The molecule has 1 heterocycles. The summed E-state index contributed by atoms with van der Waals surface area (Å²) in [5.41, 5.74) is 1.65. The van der Waals surface area contributed by atoms with Gasteiger partial charge in [0.15, 0.2) is 0 Å². The summed E-state index contributed by atoms with van der Waals surface area (Å²) in [6.07, 6.45) is -0.730. The van der Waals surface area contributed by atoms with Gasteiger partial charge >= 0.3 is 12.0 Å². The molecule has 2 amide bonds. The number of aliphatic hydroxyl groups excluding tert-OH is 1. The quantitative estimate of drug-likeness (QED) is 0.793. The van der Waals surface area contributed by atoms with Gasteiger partial charge in [-0.25, -0.2) is 9.59 Å². The van der Waals surface area contributed by atoms with Crippen molar-refractivity contribution in [3.05, 3.63) is 29.8 Å². The molecule has 0 aromatic heterocycles. The fraction of sp³-hybridized carbons (Fsp3) is 0.467. The number of nitrogens with one attached hydrogen (secondary N) is 1. The number of amides is 2. The van der Waals surface area contributed by atoms with Crippen molar-refractivity contribution in [3.63, 3.8) is 0 Å². The number of hydrogen-bond acceptors (Lipinski definition) is 3. The number of aliphatic carboxylic acids is 1. The van der Waals surface area contributed by atoms with Crippen molar-refractivity contribution >= 4 is 17.7 Å². The van der Waals surface area contributed by atoms with E-state index in [1.54, 1.807) is 6.07 Å². The van der Waals surface area contributed by atoms with Gasteiger partial charge in [-0.1, -0.05) is 32.0 Å². The van der Waals surface area contributed by atoms with E-state index < -0.39 is 24.1 Å². The number of likely N-dealkylation sites (tertiary alicyclic amines) is 1. The standard InChI is InChI=1S/C15H20N2O4/c1-9(2)11-5-3-4-6-12(11)16-15(21)17-8-10(18)7-13(17)14(19)20/h3-6,9-10,13,18H,7-8H2,1-2H3,(H,16,21)(H,19,20). The van der Waals surface area contributed by atoms with Crippen LogP contribution in [0.25, 0.3) is 0 Å². The summed E-state index contributed by atoms with van der Waals surface area (Å²) in [6.45, 7) is 4.07. The normalized spacial score (nSPS) is 21.6. The van der Waals surface area contributed by atoms with Crippen LogP contribution in [0.5, 0.6) is 0 Å². The van der Waals surface area contributed by atoms with Crippen LogP contribution in [0.2, 0.25) is 0 Å². The van der Waals surface area contributed by atoms with Crippen molar-refractivity contribution in [1.29, 1.82) is 0 Å². The van der Waals surface area contributed by atoms with Crippen molar-refractivity contribution in [2.75, 3.05) is 11.9 Å². The van der Waals surface area contributed by atoms with E-state index in [0.717, 1.165) is 5.56 Å². The van der Waals surface area contributed by atoms with Crippen LogP contribution in [0.1, 0.15) is 31.7 Å². The third-order valence-corrected chi connectivity index (χ3v) is 3.65. The van der Waals surface area contributed by atoms with Crippen LogP contribution in [0.4, 0.5) is 10.5 Å². The number of urea groups is 1. The van der Waals surface area contributed by atoms with Crippen molar-refractivity contribution in [3.8, 4) is 0 Å². The minimum atomic E-state index is -1.10. The molecule has 21 heavy (non-hydrogen) atoms. The largest absolute Gasteiger partial charge is 0.480 e. The second kappa shape index (κ2) is 6.13. The number of benzene rings is 1. The van der Waals surface area contributed by atoms with E-state index in [-0.39, 0.29) is 18.9 Å². The maximum absolute atomic E-state index is 12.3. The Labute approximate surface area is 123 Å². The highest BCUT2D eigenvalue weighted by Gasteiger charge is 2.39. The lowest BCUT2D eigenvalue weighted by atomic mass is 10.0. The summed E-state index contributed by atoms with van der Waals surface area (Å²) in [5, 5.41) is 21.5. The van der Waals surface area contributed by atoms with Gasteiger partial charge < -0.3 is 20.4 Å². The molecule has 2 rings (SSSR count). The first-order valence-corrected chi connectivity index (χ1v) is 6.97. The van der Waals surface area contributed by atoms with Crippen LogP contribution in [-0.2, 0) is 4.79 Å². The van der Waals surface area contributed by atoms with E-state index in [1.807, 2.05) is 32.0 Å². The lowest BCUT2D eigenvalue weighted by Gasteiger charge is -2.23. The van der Waals surface area contributed by atoms with Gasteiger partial charge in [0, 0.05) is 18.7 Å². The summed E-state index contributed by atoms with van der Waals surface area (Å²) in [7, 11) is 0. The van der Waals surface area contributed by atoms with E-state index in [2.05, 4.69) is 5.32 Å². The maximum atomic E-state index is 12.3. The number of hydrogen-bond donors (Lipinski definition) is 3. The molecule has 6 heteroatoms. The molecule has 114 valence electrons. The first-order chi connectivity index (χ1) is 9.90. The molecular weight excluding hydrogens is 272 g/mol. The van der Waals surface area contributed by atoms with Crippen LogP contribution in [-0.4, -0.2) is 45.8 Å². The van der Waals surface area contributed by atoms with E-state index in [1.165, 1.54) is 4.90 Å². The Morgan fingerprint density at radius 2 is 2.00 bits per heavy atom. The molecule has 2 unspecified atom stereocenters. The van der Waals surface area contributed by atoms with Crippen LogP contribution in [0.15, 0.2) is 24.3 Å². The predicted molar refractivity (Wildman–Crippen MR) is 78.3 cm³/mol. The zero-order valence-corrected chi connectivity index (χ0v) is 12.1. The Morgan fingerprint density at radius 1 is 1.33 bits per heavy atom. The van der Waals surface area contributed by atoms with Crippen molar-refractivity contribution in [2.24, 2.45) is 0 Å². The number of carbonyl (C=O) groups is 2. The fourth-order valence-electron chi connectivity index (χ4n) is 2.57. The SMILES string of the molecule is CC(C)c1ccccc1NC(=O)N1CC(O)CC1C(=O)O. The number of aliphatic hydroxyl groups is 1. The van der Waals surface area contributed by atoms with Gasteiger partial charge in [-0.05, 0) is 17.5 Å². The Kier molecular flexibility index (Phi) is 4.47. The number of carboxylic acids is 1. The number of rotatable bonds is 3. The van der Waals surface area contributed by atoms with E-state index in [9.17, 15) is 14.7 Å². The highest BCUT2D eigenvalue weighted by molar-refractivity contribution is 5.93. The Balaban J connectivity index is 2.16. The highest BCUT2D eigenvalue weighted by Crippen LogP contribution is 2.25. The zero-order chi connectivity index (χ0) is 15.6. The molecule has 1 aliphatic rings. The van der Waals surface area contributed by atoms with Crippen LogP contribution in [0, 0.1) is 0 Å². The van der Waals surface area contributed by atoms with Crippen LogP contribution >= 0.6 is 0 Å². The van der Waals surface area contributed by atoms with Crippen molar-refractivity contribution in [1.82, 2.24) is 4.90 Å². The summed E-state index contributed by atoms with van der Waals surface area (Å²) in [6, 6.07) is 5.95. The second-order valence-electron chi connectivity index (χ2n) is 5.57. The fourth-order valence-corrected chi connectivity index (χ4v) is 2.57. The number of para-hydroxylation sites is 1. The molecule has 1 saturated heterocycles. The molecule has 1 fully saturated rings. The van der Waals surface area contributed by atoms with E-state index in [0.29, 0.717) is 5.69 Å². The molecule has 0 aliphatic carbocycles. The molecule has 2 atom stereocenters. The maximum Gasteiger partial charge on any atom is 0.326 e. The van der Waals surface area contributed by atoms with E-state index >= 15 is 0 Å². The molecular formula is C15H20N2O4. The van der Waals surface area contributed by atoms with Crippen molar-refractivity contribution in [2.45, 2.75) is 38.3 Å². The van der Waals surface area contributed by atoms with E-state index in [4.69, 9.17) is 5.11 Å². The number of nitrogens with zero attached hydrogens (tertiary/aromatic N) is 1. The first-order valence-electron chi connectivity index (χ1n) is 6.97. The topological polar surface area (TPSA) is 89.9 Å². The lowest BCUT2D eigenvalue weighted by Crippen LogP contribution is -2.43.